The van der Waals surface area contributed by atoms with Crippen molar-refractivity contribution in [2.24, 2.45) is 15.8 Å². The van der Waals surface area contributed by atoms with Crippen LogP contribution < -0.4 is 10.6 Å². The fraction of sp³-hybridized carbons (Fsp3) is 0.179. The number of benzene rings is 3. The van der Waals surface area contributed by atoms with E-state index in [1.54, 1.807) is 53.4 Å². The van der Waals surface area contributed by atoms with Crippen LogP contribution in [-0.4, -0.2) is 17.8 Å². The average Bonchev–Trinajstić information content (AvgIpc) is 2.92. The van der Waals surface area contributed by atoms with Crippen LogP contribution in [0, 0.1) is 5.53 Å². The Morgan fingerprint density at radius 1 is 0.972 bits per heavy atom. The second kappa shape index (κ2) is 11.6. The number of amides is 2. The lowest BCUT2D eigenvalue weighted by Crippen LogP contribution is -2.30. The summed E-state index contributed by atoms with van der Waals surface area (Å²) in [4.78, 5) is 31.0. The van der Waals surface area contributed by atoms with E-state index < -0.39 is 11.9 Å². The molecule has 0 aliphatic heterocycles. The molecule has 182 valence electrons. The minimum Gasteiger partial charge on any atom is -0.366 e. The van der Waals surface area contributed by atoms with Gasteiger partial charge in [0.2, 0.25) is 5.96 Å². The van der Waals surface area contributed by atoms with E-state index in [2.05, 4.69) is 28.3 Å². The lowest BCUT2D eigenvalue weighted by molar-refractivity contribution is 0.0981. The molecule has 2 amide bonds. The van der Waals surface area contributed by atoms with E-state index in [1.165, 1.54) is 24.0 Å². The number of allylic oxidation sites excluding steroid dienone is 2. The fourth-order valence-corrected chi connectivity index (χ4v) is 4.33. The van der Waals surface area contributed by atoms with Crippen molar-refractivity contribution in [3.8, 4) is 0 Å². The van der Waals surface area contributed by atoms with Gasteiger partial charge in [0.15, 0.2) is 0 Å². The summed E-state index contributed by atoms with van der Waals surface area (Å²) in [7, 11) is 0. The molecule has 4 rings (SSSR count). The Labute approximate surface area is 214 Å². The van der Waals surface area contributed by atoms with Gasteiger partial charge >= 0.3 is 0 Å². The normalized spacial score (nSPS) is 13.6. The van der Waals surface area contributed by atoms with E-state index in [1.807, 2.05) is 12.1 Å². The summed E-state index contributed by atoms with van der Waals surface area (Å²) in [6.45, 7) is 0.287. The number of nitrogens with zero attached hydrogens (tertiary/aromatic N) is 3. The van der Waals surface area contributed by atoms with E-state index in [4.69, 9.17) is 22.9 Å². The third-order valence-electron chi connectivity index (χ3n) is 6.03. The first kappa shape index (κ1) is 25.0. The predicted molar refractivity (Wildman–Crippen MR) is 142 cm³/mol. The van der Waals surface area contributed by atoms with Crippen molar-refractivity contribution in [2.45, 2.75) is 32.2 Å². The van der Waals surface area contributed by atoms with Crippen molar-refractivity contribution in [1.29, 1.82) is 5.53 Å². The number of halogens is 1. The third-order valence-corrected chi connectivity index (χ3v) is 6.26. The van der Waals surface area contributed by atoms with Crippen molar-refractivity contribution in [3.63, 3.8) is 0 Å². The number of nitrogens with one attached hydrogen (secondary N) is 1. The molecular weight excluding hydrogens is 474 g/mol. The van der Waals surface area contributed by atoms with Gasteiger partial charge in [0, 0.05) is 21.8 Å². The maximum absolute atomic E-state index is 13.6. The van der Waals surface area contributed by atoms with E-state index >= 15 is 0 Å². The summed E-state index contributed by atoms with van der Waals surface area (Å²) >= 11 is 6.15. The van der Waals surface area contributed by atoms with Gasteiger partial charge in [0.05, 0.1) is 6.54 Å². The summed E-state index contributed by atoms with van der Waals surface area (Å²) in [5.41, 5.74) is 17.1. The van der Waals surface area contributed by atoms with Gasteiger partial charge in [-0.05, 0) is 84.8 Å². The van der Waals surface area contributed by atoms with Crippen molar-refractivity contribution in [3.05, 3.63) is 106 Å². The topological polar surface area (TPSA) is 112 Å². The van der Waals surface area contributed by atoms with Crippen LogP contribution in [0.1, 0.15) is 57.5 Å². The zero-order valence-corrected chi connectivity index (χ0v) is 20.4. The van der Waals surface area contributed by atoms with Crippen LogP contribution in [0.5, 0.6) is 0 Å². The molecule has 0 radical (unpaired) electrons. The number of hydrogen-bond acceptors (Lipinski definition) is 3. The molecule has 3 aromatic rings. The highest BCUT2D eigenvalue weighted by Crippen LogP contribution is 2.29. The third kappa shape index (κ3) is 6.12. The number of rotatable bonds is 6. The Bertz CT molecular complexity index is 1330. The van der Waals surface area contributed by atoms with E-state index in [9.17, 15) is 9.59 Å². The molecule has 0 unspecified atom stereocenters. The molecule has 0 bridgehead atoms. The molecule has 0 fully saturated rings. The summed E-state index contributed by atoms with van der Waals surface area (Å²) in [5, 5.41) is 3.42. The molecule has 0 saturated heterocycles. The van der Waals surface area contributed by atoms with E-state index in [-0.39, 0.29) is 12.5 Å². The molecule has 0 saturated carbocycles. The van der Waals surface area contributed by atoms with Crippen LogP contribution in [0.2, 0.25) is 5.02 Å². The second-order valence-electron chi connectivity index (χ2n) is 8.51. The van der Waals surface area contributed by atoms with Gasteiger partial charge in [-0.25, -0.2) is 5.53 Å². The van der Waals surface area contributed by atoms with Crippen LogP contribution >= 0.6 is 11.6 Å². The summed E-state index contributed by atoms with van der Waals surface area (Å²) in [6, 6.07) is 21.7. The summed E-state index contributed by atoms with van der Waals surface area (Å²) < 4.78 is 0. The van der Waals surface area contributed by atoms with Gasteiger partial charge in [-0.2, -0.15) is 4.99 Å². The van der Waals surface area contributed by atoms with Gasteiger partial charge in [0.25, 0.3) is 11.8 Å². The van der Waals surface area contributed by atoms with Gasteiger partial charge in [0.1, 0.15) is 0 Å². The Morgan fingerprint density at radius 3 is 2.36 bits per heavy atom. The first-order valence-corrected chi connectivity index (χ1v) is 12.0. The van der Waals surface area contributed by atoms with Crippen molar-refractivity contribution in [1.82, 2.24) is 0 Å². The highest BCUT2D eigenvalue weighted by Gasteiger charge is 2.19. The van der Waals surface area contributed by atoms with Crippen LogP contribution in [0.15, 0.2) is 89.0 Å². The van der Waals surface area contributed by atoms with E-state index in [0.717, 1.165) is 24.1 Å². The van der Waals surface area contributed by atoms with Gasteiger partial charge in [-0.3, -0.25) is 9.59 Å². The molecule has 36 heavy (non-hydrogen) atoms. The molecule has 7 nitrogen and oxygen atoms in total. The smallest absolute Gasteiger partial charge is 0.280 e. The fourth-order valence-electron chi connectivity index (χ4n) is 4.14. The number of carbonyl (C=O) groups excluding carboxylic acids is 2. The molecule has 0 aromatic heterocycles. The monoisotopic (exact) mass is 499 g/mol. The Kier molecular flexibility index (Phi) is 8.02. The predicted octanol–water partition coefficient (Wildman–Crippen LogP) is 6.63. The summed E-state index contributed by atoms with van der Waals surface area (Å²) in [5.74, 6) is -1.18. The van der Waals surface area contributed by atoms with Crippen molar-refractivity contribution in [2.75, 3.05) is 4.90 Å². The first-order chi connectivity index (χ1) is 17.4. The van der Waals surface area contributed by atoms with Crippen LogP contribution in [0.3, 0.4) is 0 Å². The molecule has 3 N–H and O–H groups in total. The molecule has 0 spiro atoms. The molecular formula is C28H26ClN5O2. The minimum atomic E-state index is -0.588. The average molecular weight is 500 g/mol. The molecule has 0 heterocycles. The minimum absolute atomic E-state index is 0.184. The number of carbonyl (C=O) groups is 2. The van der Waals surface area contributed by atoms with Gasteiger partial charge in [-0.15, -0.1) is 5.11 Å². The standard InChI is InChI=1S/C28H26ClN5O2/c29-24-8-4-7-23(17-24)27(36)34(25-15-13-21(14-16-25)20-5-2-1-3-6-20)18-19-9-11-22(12-10-19)26(35)32-28(30)33-31/h4-5,7-17,31H,1-3,6,18H2,(H2,30,32,35). The van der Waals surface area contributed by atoms with Crippen LogP contribution in [-0.2, 0) is 6.54 Å². The largest absolute Gasteiger partial charge is 0.366 e. The van der Waals surface area contributed by atoms with Crippen LogP contribution in [0.4, 0.5) is 5.69 Å². The SMILES string of the molecule is N=NC(N)=NC(=O)c1ccc(CN(C(=O)c2cccc(Cl)c2)c2ccc(C3=CCCCC3)cc2)cc1. The molecule has 1 aliphatic carbocycles. The molecule has 3 aromatic carbocycles. The molecule has 8 heteroatoms. The lowest BCUT2D eigenvalue weighted by atomic mass is 9.93. The maximum atomic E-state index is 13.6. The second-order valence-corrected chi connectivity index (χ2v) is 8.94. The maximum Gasteiger partial charge on any atom is 0.280 e. The Balaban J connectivity index is 1.62. The highest BCUT2D eigenvalue weighted by molar-refractivity contribution is 6.31. The summed E-state index contributed by atoms with van der Waals surface area (Å²) in [6.07, 6.45) is 6.90. The molecule has 1 aliphatic rings. The van der Waals surface area contributed by atoms with Crippen LogP contribution in [0.25, 0.3) is 5.57 Å². The van der Waals surface area contributed by atoms with Gasteiger partial charge < -0.3 is 10.6 Å². The number of guanidine groups is 1. The van der Waals surface area contributed by atoms with Gasteiger partial charge in [-0.1, -0.05) is 48.0 Å². The lowest BCUT2D eigenvalue weighted by Gasteiger charge is -2.24. The Hall–Kier alpha value is -4.10. The van der Waals surface area contributed by atoms with Crippen molar-refractivity contribution >= 4 is 40.6 Å². The first-order valence-electron chi connectivity index (χ1n) is 11.7. The number of anilines is 1. The zero-order chi connectivity index (χ0) is 25.5. The zero-order valence-electron chi connectivity index (χ0n) is 19.7. The Morgan fingerprint density at radius 2 is 1.72 bits per heavy atom. The highest BCUT2D eigenvalue weighted by atomic mass is 35.5. The number of aliphatic imine (C=N–C) groups is 1. The van der Waals surface area contributed by atoms with E-state index in [0.29, 0.717) is 16.1 Å². The number of hydrogen-bond donors (Lipinski definition) is 2. The van der Waals surface area contributed by atoms with Crippen molar-refractivity contribution < 1.29 is 9.59 Å². The quantitative estimate of drug-likeness (QED) is 0.225. The molecule has 0 atom stereocenters. The number of nitrogens with two attached hydrogens (primary N) is 1.